The highest BCUT2D eigenvalue weighted by atomic mass is 16.5. The number of carbonyl (C=O) groups is 1. The van der Waals surface area contributed by atoms with Crippen molar-refractivity contribution in [3.63, 3.8) is 0 Å². The van der Waals surface area contributed by atoms with Gasteiger partial charge in [0, 0.05) is 12.1 Å². The van der Waals surface area contributed by atoms with E-state index in [9.17, 15) is 9.59 Å². The van der Waals surface area contributed by atoms with Crippen molar-refractivity contribution in [3.8, 4) is 0 Å². The summed E-state index contributed by atoms with van der Waals surface area (Å²) >= 11 is 0. The number of ether oxygens (including phenoxy) is 1. The SMILES string of the molecule is CCOC(=O)C12CCC(C[C@H](n3c(=O)[nH]c4ccccc43)C1)N2. The smallest absolute Gasteiger partial charge is 0.326 e. The number of imidazole rings is 1. The number of aromatic nitrogens is 2. The van der Waals surface area contributed by atoms with Crippen LogP contribution < -0.4 is 11.0 Å². The third-order valence-corrected chi connectivity index (χ3v) is 5.20. The van der Waals surface area contributed by atoms with E-state index in [-0.39, 0.29) is 23.7 Å². The highest BCUT2D eigenvalue weighted by molar-refractivity contribution is 5.82. The number of rotatable bonds is 3. The largest absolute Gasteiger partial charge is 0.465 e. The second-order valence-corrected chi connectivity index (χ2v) is 6.59. The summed E-state index contributed by atoms with van der Waals surface area (Å²) < 4.78 is 7.11. The Hall–Kier alpha value is -2.08. The summed E-state index contributed by atoms with van der Waals surface area (Å²) in [5, 5.41) is 3.45. The van der Waals surface area contributed by atoms with Crippen LogP contribution in [0.25, 0.3) is 11.0 Å². The third-order valence-electron chi connectivity index (χ3n) is 5.20. The number of piperidine rings is 1. The van der Waals surface area contributed by atoms with E-state index in [1.165, 1.54) is 0 Å². The quantitative estimate of drug-likeness (QED) is 0.846. The van der Waals surface area contributed by atoms with Crippen LogP contribution >= 0.6 is 0 Å². The van der Waals surface area contributed by atoms with Crippen molar-refractivity contribution in [3.05, 3.63) is 34.7 Å². The first-order valence-corrected chi connectivity index (χ1v) is 8.27. The van der Waals surface area contributed by atoms with Gasteiger partial charge in [-0.15, -0.1) is 0 Å². The van der Waals surface area contributed by atoms with Crippen molar-refractivity contribution < 1.29 is 9.53 Å². The molecule has 0 aliphatic carbocycles. The normalized spacial score (nSPS) is 29.8. The van der Waals surface area contributed by atoms with E-state index in [1.807, 2.05) is 35.8 Å². The molecule has 1 aromatic heterocycles. The average Bonchev–Trinajstić information content (AvgIpc) is 3.04. The molecule has 6 heteroatoms. The van der Waals surface area contributed by atoms with Gasteiger partial charge in [-0.25, -0.2) is 4.79 Å². The number of hydrogen-bond donors (Lipinski definition) is 2. The summed E-state index contributed by atoms with van der Waals surface area (Å²) in [6.07, 6.45) is 3.20. The maximum atomic E-state index is 12.5. The van der Waals surface area contributed by atoms with Gasteiger partial charge in [0.05, 0.1) is 17.6 Å². The fourth-order valence-electron chi connectivity index (χ4n) is 4.25. The number of hydrogen-bond acceptors (Lipinski definition) is 4. The molecule has 3 heterocycles. The molecule has 3 atom stereocenters. The molecule has 0 radical (unpaired) electrons. The Labute approximate surface area is 133 Å². The van der Waals surface area contributed by atoms with Gasteiger partial charge in [-0.3, -0.25) is 14.7 Å². The molecule has 2 aliphatic rings. The number of benzene rings is 1. The molecule has 23 heavy (non-hydrogen) atoms. The van der Waals surface area contributed by atoms with E-state index in [1.54, 1.807) is 0 Å². The molecule has 6 nitrogen and oxygen atoms in total. The third kappa shape index (κ3) is 2.20. The van der Waals surface area contributed by atoms with Crippen LogP contribution in [0.2, 0.25) is 0 Å². The molecule has 2 unspecified atom stereocenters. The topological polar surface area (TPSA) is 76.1 Å². The summed E-state index contributed by atoms with van der Waals surface area (Å²) in [7, 11) is 0. The van der Waals surface area contributed by atoms with E-state index in [0.717, 1.165) is 30.3 Å². The van der Waals surface area contributed by atoms with Crippen LogP contribution in [0.1, 0.15) is 38.6 Å². The highest BCUT2D eigenvalue weighted by Gasteiger charge is 2.52. The van der Waals surface area contributed by atoms with Crippen molar-refractivity contribution >= 4 is 17.0 Å². The molecule has 2 fully saturated rings. The second-order valence-electron chi connectivity index (χ2n) is 6.59. The highest BCUT2D eigenvalue weighted by Crippen LogP contribution is 2.42. The summed E-state index contributed by atoms with van der Waals surface area (Å²) in [6.45, 7) is 2.20. The number of esters is 1. The second kappa shape index (κ2) is 5.23. The maximum Gasteiger partial charge on any atom is 0.326 e. The van der Waals surface area contributed by atoms with Gasteiger partial charge in [-0.2, -0.15) is 0 Å². The summed E-state index contributed by atoms with van der Waals surface area (Å²) in [6, 6.07) is 7.98. The van der Waals surface area contributed by atoms with E-state index in [4.69, 9.17) is 4.74 Å². The maximum absolute atomic E-state index is 12.5. The zero-order chi connectivity index (χ0) is 16.0. The zero-order valence-corrected chi connectivity index (χ0v) is 13.2. The zero-order valence-electron chi connectivity index (χ0n) is 13.2. The number of fused-ring (bicyclic) bond motifs is 3. The van der Waals surface area contributed by atoms with Gasteiger partial charge >= 0.3 is 11.7 Å². The number of para-hydroxylation sites is 2. The molecule has 122 valence electrons. The van der Waals surface area contributed by atoms with Gasteiger partial charge < -0.3 is 9.72 Å². The summed E-state index contributed by atoms with van der Waals surface area (Å²) in [5.74, 6) is -0.180. The Morgan fingerprint density at radius 2 is 2.26 bits per heavy atom. The minimum atomic E-state index is -0.637. The standard InChI is InChI=1S/C17H21N3O3/c1-2-23-15(21)17-8-7-11(19-17)9-12(10-17)20-14-6-4-3-5-13(14)18-16(20)22/h3-6,11-12,19H,2,7-10H2,1H3,(H,18,22)/t11?,12-,17?/m0/s1. The summed E-state index contributed by atoms with van der Waals surface area (Å²) in [5.41, 5.74) is 1.01. The summed E-state index contributed by atoms with van der Waals surface area (Å²) in [4.78, 5) is 27.8. The average molecular weight is 315 g/mol. The van der Waals surface area contributed by atoms with Gasteiger partial charge in [-0.1, -0.05) is 12.1 Å². The van der Waals surface area contributed by atoms with Crippen LogP contribution in [0.5, 0.6) is 0 Å². The van der Waals surface area contributed by atoms with Crippen molar-refractivity contribution in [2.75, 3.05) is 6.61 Å². The monoisotopic (exact) mass is 315 g/mol. The number of carbonyl (C=O) groups excluding carboxylic acids is 1. The van der Waals surface area contributed by atoms with E-state index >= 15 is 0 Å². The Kier molecular flexibility index (Phi) is 3.30. The number of aromatic amines is 1. The number of H-pyrrole nitrogens is 1. The molecular formula is C17H21N3O3. The first kappa shape index (κ1) is 14.5. The van der Waals surface area contributed by atoms with Gasteiger partial charge in [0.15, 0.2) is 0 Å². The molecule has 4 rings (SSSR count). The molecule has 2 bridgehead atoms. The Morgan fingerprint density at radius 1 is 1.43 bits per heavy atom. The predicted octanol–water partition coefficient (Wildman–Crippen LogP) is 1.72. The molecule has 2 N–H and O–H groups in total. The first-order valence-electron chi connectivity index (χ1n) is 8.27. The van der Waals surface area contributed by atoms with Crippen LogP contribution in [0.4, 0.5) is 0 Å². The lowest BCUT2D eigenvalue weighted by atomic mass is 9.87. The first-order chi connectivity index (χ1) is 11.1. The number of nitrogens with one attached hydrogen (secondary N) is 2. The van der Waals surface area contributed by atoms with E-state index in [2.05, 4.69) is 10.3 Å². The molecular weight excluding hydrogens is 294 g/mol. The molecule has 2 aromatic rings. The van der Waals surface area contributed by atoms with Crippen LogP contribution in [0.3, 0.4) is 0 Å². The Morgan fingerprint density at radius 3 is 3.09 bits per heavy atom. The molecule has 1 aromatic carbocycles. The lowest BCUT2D eigenvalue weighted by Crippen LogP contribution is -2.56. The lowest BCUT2D eigenvalue weighted by molar-refractivity contribution is -0.152. The van der Waals surface area contributed by atoms with Gasteiger partial charge in [-0.05, 0) is 44.7 Å². The van der Waals surface area contributed by atoms with E-state index < -0.39 is 5.54 Å². The lowest BCUT2D eigenvalue weighted by Gasteiger charge is -2.37. The fourth-order valence-corrected chi connectivity index (χ4v) is 4.25. The molecule has 0 amide bonds. The Balaban J connectivity index is 1.74. The van der Waals surface area contributed by atoms with Crippen LogP contribution in [-0.2, 0) is 9.53 Å². The molecule has 0 saturated carbocycles. The fraction of sp³-hybridized carbons (Fsp3) is 0.529. The van der Waals surface area contributed by atoms with Crippen LogP contribution in [0, 0.1) is 0 Å². The Bertz CT molecular complexity index is 809. The predicted molar refractivity (Wildman–Crippen MR) is 86.4 cm³/mol. The van der Waals surface area contributed by atoms with Crippen molar-refractivity contribution in [1.29, 1.82) is 0 Å². The molecule has 2 aliphatic heterocycles. The van der Waals surface area contributed by atoms with Gasteiger partial charge in [0.1, 0.15) is 5.54 Å². The molecule has 2 saturated heterocycles. The van der Waals surface area contributed by atoms with Crippen molar-refractivity contribution in [2.45, 2.75) is 50.2 Å². The van der Waals surface area contributed by atoms with Crippen LogP contribution in [-0.4, -0.2) is 33.7 Å². The van der Waals surface area contributed by atoms with Gasteiger partial charge in [0.2, 0.25) is 0 Å². The minimum Gasteiger partial charge on any atom is -0.465 e. The van der Waals surface area contributed by atoms with Crippen molar-refractivity contribution in [2.24, 2.45) is 0 Å². The minimum absolute atomic E-state index is 0.0109. The molecule has 0 spiro atoms. The van der Waals surface area contributed by atoms with E-state index in [0.29, 0.717) is 13.0 Å². The van der Waals surface area contributed by atoms with Gasteiger partial charge in [0.25, 0.3) is 0 Å². The number of nitrogens with zero attached hydrogens (tertiary/aromatic N) is 1. The van der Waals surface area contributed by atoms with Crippen LogP contribution in [0.15, 0.2) is 29.1 Å². The van der Waals surface area contributed by atoms with Crippen molar-refractivity contribution in [1.82, 2.24) is 14.9 Å².